The van der Waals surface area contributed by atoms with Crippen LogP contribution in [0.2, 0.25) is 0 Å². The molecule has 0 aliphatic rings. The summed E-state index contributed by atoms with van der Waals surface area (Å²) >= 11 is 0. The Bertz CT molecular complexity index is 265. The maximum Gasteiger partial charge on any atom is 0.150 e. The van der Waals surface area contributed by atoms with E-state index < -0.39 is 11.7 Å². The molecule has 0 bridgehead atoms. The van der Waals surface area contributed by atoms with Crippen LogP contribution in [0.3, 0.4) is 0 Å². The van der Waals surface area contributed by atoms with Crippen LogP contribution in [0.15, 0.2) is 12.4 Å². The van der Waals surface area contributed by atoms with Crippen LogP contribution in [0.4, 0.5) is 4.39 Å². The highest BCUT2D eigenvalue weighted by Gasteiger charge is 2.31. The zero-order valence-corrected chi connectivity index (χ0v) is 7.58. The molecular formula is C8H14FN3. The maximum absolute atomic E-state index is 13.8. The summed E-state index contributed by atoms with van der Waals surface area (Å²) in [6.45, 7) is 3.11. The van der Waals surface area contributed by atoms with E-state index in [1.54, 1.807) is 24.9 Å². The summed E-state index contributed by atoms with van der Waals surface area (Å²) in [6.07, 6.45) is 3.15. The number of hydrogen-bond acceptors (Lipinski definition) is 2. The maximum atomic E-state index is 13.8. The molecule has 0 saturated carbocycles. The third-order valence-electron chi connectivity index (χ3n) is 2.12. The number of rotatable bonds is 2. The van der Waals surface area contributed by atoms with E-state index in [2.05, 4.69) is 5.10 Å². The van der Waals surface area contributed by atoms with E-state index >= 15 is 0 Å². The first-order chi connectivity index (χ1) is 5.44. The van der Waals surface area contributed by atoms with Crippen molar-refractivity contribution in [3.05, 3.63) is 18.0 Å². The van der Waals surface area contributed by atoms with Crippen LogP contribution in [0.1, 0.15) is 19.4 Å². The molecule has 2 N–H and O–H groups in total. The van der Waals surface area contributed by atoms with Crippen molar-refractivity contribution in [2.45, 2.75) is 25.6 Å². The lowest BCUT2D eigenvalue weighted by Gasteiger charge is -2.22. The van der Waals surface area contributed by atoms with Crippen LogP contribution >= 0.6 is 0 Å². The van der Waals surface area contributed by atoms with Crippen molar-refractivity contribution in [2.24, 2.45) is 12.8 Å². The van der Waals surface area contributed by atoms with Crippen molar-refractivity contribution in [1.82, 2.24) is 9.78 Å². The minimum Gasteiger partial charge on any atom is -0.325 e. The molecule has 0 fully saturated rings. The summed E-state index contributed by atoms with van der Waals surface area (Å²) in [4.78, 5) is 0. The lowest BCUT2D eigenvalue weighted by Crippen LogP contribution is -2.36. The molecule has 0 amide bonds. The second-order valence-electron chi connectivity index (χ2n) is 3.27. The van der Waals surface area contributed by atoms with Gasteiger partial charge in [0.2, 0.25) is 0 Å². The first-order valence-corrected chi connectivity index (χ1v) is 3.88. The van der Waals surface area contributed by atoms with Crippen LogP contribution in [-0.2, 0) is 12.7 Å². The third-order valence-corrected chi connectivity index (χ3v) is 2.12. The number of aromatic nitrogens is 2. The average molecular weight is 171 g/mol. The van der Waals surface area contributed by atoms with Crippen molar-refractivity contribution < 1.29 is 4.39 Å². The van der Waals surface area contributed by atoms with Crippen LogP contribution in [-0.4, -0.2) is 15.8 Å². The highest BCUT2D eigenvalue weighted by molar-refractivity contribution is 5.16. The molecule has 0 aliphatic heterocycles. The van der Waals surface area contributed by atoms with Crippen LogP contribution in [0.5, 0.6) is 0 Å². The van der Waals surface area contributed by atoms with Gasteiger partial charge in [0.1, 0.15) is 0 Å². The molecule has 1 aromatic heterocycles. The molecule has 2 unspecified atom stereocenters. The first-order valence-electron chi connectivity index (χ1n) is 3.88. The van der Waals surface area contributed by atoms with E-state index in [1.807, 2.05) is 0 Å². The third kappa shape index (κ3) is 1.48. The number of halogens is 1. The zero-order chi connectivity index (χ0) is 9.35. The highest BCUT2D eigenvalue weighted by Crippen LogP contribution is 2.27. The van der Waals surface area contributed by atoms with Crippen LogP contribution < -0.4 is 5.73 Å². The molecule has 1 rings (SSSR count). The van der Waals surface area contributed by atoms with Gasteiger partial charge < -0.3 is 5.73 Å². The van der Waals surface area contributed by atoms with Gasteiger partial charge in [-0.3, -0.25) is 4.68 Å². The summed E-state index contributed by atoms with van der Waals surface area (Å²) in [7, 11) is 1.75. The molecule has 4 heteroatoms. The monoisotopic (exact) mass is 171 g/mol. The molecule has 0 spiro atoms. The highest BCUT2D eigenvalue weighted by atomic mass is 19.1. The number of nitrogens with two attached hydrogens (primary N) is 1. The average Bonchev–Trinajstić information content (AvgIpc) is 2.35. The van der Waals surface area contributed by atoms with Crippen molar-refractivity contribution in [3.8, 4) is 0 Å². The van der Waals surface area contributed by atoms with Crippen LogP contribution in [0.25, 0.3) is 0 Å². The Labute approximate surface area is 71.4 Å². The second kappa shape index (κ2) is 2.86. The van der Waals surface area contributed by atoms with E-state index in [9.17, 15) is 4.39 Å². The Kier molecular flexibility index (Phi) is 2.19. The molecular weight excluding hydrogens is 157 g/mol. The Morgan fingerprint density at radius 2 is 2.33 bits per heavy atom. The van der Waals surface area contributed by atoms with E-state index in [1.165, 1.54) is 13.1 Å². The normalized spacial score (nSPS) is 18.8. The Morgan fingerprint density at radius 3 is 2.67 bits per heavy atom. The summed E-state index contributed by atoms with van der Waals surface area (Å²) in [5.41, 5.74) is 4.54. The minimum absolute atomic E-state index is 0.526. The van der Waals surface area contributed by atoms with E-state index in [4.69, 9.17) is 5.73 Å². The fraction of sp³-hybridized carbons (Fsp3) is 0.625. The standard InChI is InChI=1S/C8H14FN3/c1-6(10)8(2,9)7-4-11-12(3)5-7/h4-6H,10H2,1-3H3. The number of aryl methyl sites for hydroxylation is 1. The van der Waals surface area contributed by atoms with Gasteiger partial charge in [-0.15, -0.1) is 0 Å². The SMILES string of the molecule is CC(N)C(C)(F)c1cnn(C)c1. The lowest BCUT2D eigenvalue weighted by molar-refractivity contribution is 0.158. The Hall–Kier alpha value is -0.900. The van der Waals surface area contributed by atoms with Crippen molar-refractivity contribution in [2.75, 3.05) is 0 Å². The molecule has 0 aliphatic carbocycles. The van der Waals surface area contributed by atoms with E-state index in [0.29, 0.717) is 5.56 Å². The number of alkyl halides is 1. The fourth-order valence-corrected chi connectivity index (χ4v) is 0.937. The van der Waals surface area contributed by atoms with Gasteiger partial charge >= 0.3 is 0 Å². The van der Waals surface area contributed by atoms with Gasteiger partial charge in [-0.25, -0.2) is 4.39 Å². The molecule has 12 heavy (non-hydrogen) atoms. The van der Waals surface area contributed by atoms with Gasteiger partial charge in [0, 0.05) is 24.8 Å². The molecule has 2 atom stereocenters. The summed E-state index contributed by atoms with van der Waals surface area (Å²) < 4.78 is 15.3. The fourth-order valence-electron chi connectivity index (χ4n) is 0.937. The smallest absolute Gasteiger partial charge is 0.150 e. The largest absolute Gasteiger partial charge is 0.325 e. The number of nitrogens with zero attached hydrogens (tertiary/aromatic N) is 2. The molecule has 68 valence electrons. The molecule has 3 nitrogen and oxygen atoms in total. The van der Waals surface area contributed by atoms with Gasteiger partial charge in [-0.1, -0.05) is 0 Å². The van der Waals surface area contributed by atoms with Gasteiger partial charge in [0.25, 0.3) is 0 Å². The lowest BCUT2D eigenvalue weighted by atomic mass is 9.94. The van der Waals surface area contributed by atoms with Crippen molar-refractivity contribution in [1.29, 1.82) is 0 Å². The minimum atomic E-state index is -1.49. The predicted octanol–water partition coefficient (Wildman–Crippen LogP) is 0.952. The quantitative estimate of drug-likeness (QED) is 0.720. The van der Waals surface area contributed by atoms with E-state index in [0.717, 1.165) is 0 Å². The number of hydrogen-bond donors (Lipinski definition) is 1. The Morgan fingerprint density at radius 1 is 1.75 bits per heavy atom. The van der Waals surface area contributed by atoms with Crippen molar-refractivity contribution >= 4 is 0 Å². The molecule has 1 aromatic rings. The zero-order valence-electron chi connectivity index (χ0n) is 7.58. The first kappa shape index (κ1) is 9.19. The molecule has 0 aromatic carbocycles. The molecule has 0 radical (unpaired) electrons. The van der Waals surface area contributed by atoms with Crippen LogP contribution in [0, 0.1) is 0 Å². The van der Waals surface area contributed by atoms with Gasteiger partial charge in [0.05, 0.1) is 6.20 Å². The van der Waals surface area contributed by atoms with Crippen molar-refractivity contribution in [3.63, 3.8) is 0 Å². The van der Waals surface area contributed by atoms with Gasteiger partial charge in [-0.2, -0.15) is 5.10 Å². The second-order valence-corrected chi connectivity index (χ2v) is 3.27. The van der Waals surface area contributed by atoms with E-state index in [-0.39, 0.29) is 0 Å². The summed E-state index contributed by atoms with van der Waals surface area (Å²) in [5, 5.41) is 3.89. The topological polar surface area (TPSA) is 43.8 Å². The Balaban J connectivity index is 2.97. The van der Waals surface area contributed by atoms with Gasteiger partial charge in [-0.05, 0) is 13.8 Å². The summed E-state index contributed by atoms with van der Waals surface area (Å²) in [5.74, 6) is 0. The van der Waals surface area contributed by atoms with Gasteiger partial charge in [0.15, 0.2) is 5.67 Å². The predicted molar refractivity (Wildman–Crippen MR) is 45.3 cm³/mol. The molecule has 1 heterocycles. The summed E-state index contributed by atoms with van der Waals surface area (Å²) in [6, 6.07) is -0.526. The molecule has 0 saturated heterocycles.